The van der Waals surface area contributed by atoms with E-state index in [2.05, 4.69) is 159 Å². The SMILES string of the molecule is Cc1ccc(-c2cc(-c3ccc(C)nc3)cc(-c3cc(-c4ccccc4C)c(-c4cc(-c5ccc(C)nc5)cc(-c5ccc(C)nc5)c4)cc3-c3ccccc3C)c2)cn1. The molecule has 0 atom stereocenters. The molecule has 0 N–H and O–H groups in total. The highest BCUT2D eigenvalue weighted by molar-refractivity contribution is 5.98. The van der Waals surface area contributed by atoms with Crippen LogP contribution in [0, 0.1) is 41.5 Å². The van der Waals surface area contributed by atoms with E-state index in [1.165, 1.54) is 22.3 Å². The standard InChI is InChI=1S/C56H46N4/c1-35-11-7-9-13-51(35)55-29-54(50-27-47(43-21-17-39(5)59-33-43)24-48(28-50)44-22-18-40(6)60-34-44)56(52-14-10-8-12-36(52)2)30-53(55)49-25-45(41-19-15-37(3)57-31-41)23-46(26-49)42-20-16-38(4)58-32-42/h7-34H,1-6H3. The lowest BCUT2D eigenvalue weighted by Gasteiger charge is -2.22. The molecule has 0 saturated carbocycles. The Hall–Kier alpha value is -7.30. The predicted octanol–water partition coefficient (Wildman–Crippen LogP) is 14.5. The molecule has 0 unspecified atom stereocenters. The van der Waals surface area contributed by atoms with Crippen molar-refractivity contribution < 1.29 is 0 Å². The molecule has 0 bridgehead atoms. The monoisotopic (exact) mass is 774 g/mol. The zero-order valence-electron chi connectivity index (χ0n) is 35.0. The van der Waals surface area contributed by atoms with E-state index >= 15 is 0 Å². The van der Waals surface area contributed by atoms with Crippen molar-refractivity contribution in [2.24, 2.45) is 0 Å². The van der Waals surface area contributed by atoms with Crippen LogP contribution in [0.1, 0.15) is 33.9 Å². The van der Waals surface area contributed by atoms with Gasteiger partial charge in [0.05, 0.1) is 0 Å². The smallest absolute Gasteiger partial charge is 0.0373 e. The fourth-order valence-corrected chi connectivity index (χ4v) is 8.06. The second-order valence-corrected chi connectivity index (χ2v) is 15.9. The fourth-order valence-electron chi connectivity index (χ4n) is 8.06. The summed E-state index contributed by atoms with van der Waals surface area (Å²) in [5.41, 5.74) is 24.3. The summed E-state index contributed by atoms with van der Waals surface area (Å²) in [6, 6.07) is 53.1. The number of aryl methyl sites for hydroxylation is 6. The minimum Gasteiger partial charge on any atom is -0.261 e. The second-order valence-electron chi connectivity index (χ2n) is 15.9. The number of pyridine rings is 4. The van der Waals surface area contributed by atoms with Crippen LogP contribution in [0.2, 0.25) is 0 Å². The molecule has 0 aliphatic rings. The zero-order valence-corrected chi connectivity index (χ0v) is 35.0. The minimum atomic E-state index is 0.989. The molecule has 0 fully saturated rings. The average molecular weight is 775 g/mol. The average Bonchev–Trinajstić information content (AvgIpc) is 3.27. The van der Waals surface area contributed by atoms with Gasteiger partial charge in [0.2, 0.25) is 0 Å². The summed E-state index contributed by atoms with van der Waals surface area (Å²) in [4.78, 5) is 18.8. The highest BCUT2D eigenvalue weighted by Crippen LogP contribution is 2.46. The summed E-state index contributed by atoms with van der Waals surface area (Å²) in [6.45, 7) is 12.5. The van der Waals surface area contributed by atoms with Crippen molar-refractivity contribution in [2.75, 3.05) is 0 Å². The molecule has 0 aliphatic heterocycles. The first-order valence-electron chi connectivity index (χ1n) is 20.5. The number of nitrogens with zero attached hydrogens (tertiary/aromatic N) is 4. The van der Waals surface area contributed by atoms with E-state index in [4.69, 9.17) is 19.9 Å². The van der Waals surface area contributed by atoms with Gasteiger partial charge in [-0.25, -0.2) is 0 Å². The van der Waals surface area contributed by atoms with Crippen LogP contribution in [0.5, 0.6) is 0 Å². The number of hydrogen-bond acceptors (Lipinski definition) is 4. The highest BCUT2D eigenvalue weighted by Gasteiger charge is 2.21. The Bertz CT molecular complexity index is 2660. The van der Waals surface area contributed by atoms with Crippen molar-refractivity contribution in [3.63, 3.8) is 0 Å². The van der Waals surface area contributed by atoms with Crippen LogP contribution >= 0.6 is 0 Å². The molecule has 0 saturated heterocycles. The molecular weight excluding hydrogens is 729 g/mol. The van der Waals surface area contributed by atoms with Crippen LogP contribution in [0.4, 0.5) is 0 Å². The largest absolute Gasteiger partial charge is 0.261 e. The van der Waals surface area contributed by atoms with E-state index in [0.717, 1.165) is 101 Å². The van der Waals surface area contributed by atoms with E-state index in [0.29, 0.717) is 0 Å². The Morgan fingerprint density at radius 1 is 0.233 bits per heavy atom. The van der Waals surface area contributed by atoms with Crippen molar-refractivity contribution in [1.29, 1.82) is 0 Å². The molecular formula is C56H46N4. The molecule has 0 radical (unpaired) electrons. The number of aromatic nitrogens is 4. The Kier molecular flexibility index (Phi) is 10.3. The molecule has 9 aromatic rings. The molecule has 4 heterocycles. The van der Waals surface area contributed by atoms with E-state index in [1.807, 2.05) is 52.5 Å². The molecule has 60 heavy (non-hydrogen) atoms. The molecule has 4 nitrogen and oxygen atoms in total. The Balaban J connectivity index is 1.37. The van der Waals surface area contributed by atoms with Crippen LogP contribution in [0.25, 0.3) is 89.0 Å². The van der Waals surface area contributed by atoms with E-state index < -0.39 is 0 Å². The summed E-state index contributed by atoms with van der Waals surface area (Å²) in [5.74, 6) is 0. The van der Waals surface area contributed by atoms with Gasteiger partial charge in [0.15, 0.2) is 0 Å². The Labute approximate surface area is 353 Å². The molecule has 290 valence electrons. The van der Waals surface area contributed by atoms with Crippen molar-refractivity contribution in [3.8, 4) is 89.0 Å². The number of hydrogen-bond donors (Lipinski definition) is 0. The van der Waals surface area contributed by atoms with Gasteiger partial charge in [-0.05, 0) is 192 Å². The fraction of sp³-hybridized carbons (Fsp3) is 0.107. The first-order valence-corrected chi connectivity index (χ1v) is 20.5. The third-order valence-corrected chi connectivity index (χ3v) is 11.5. The summed E-state index contributed by atoms with van der Waals surface area (Å²) >= 11 is 0. The van der Waals surface area contributed by atoms with Gasteiger partial charge < -0.3 is 0 Å². The maximum absolute atomic E-state index is 4.70. The van der Waals surface area contributed by atoms with E-state index in [-0.39, 0.29) is 0 Å². The molecule has 4 heteroatoms. The van der Waals surface area contributed by atoms with Gasteiger partial charge in [-0.15, -0.1) is 0 Å². The molecule has 0 spiro atoms. The summed E-state index contributed by atoms with van der Waals surface area (Å²) in [7, 11) is 0. The van der Waals surface area contributed by atoms with Crippen LogP contribution in [0.3, 0.4) is 0 Å². The lowest BCUT2D eigenvalue weighted by atomic mass is 9.82. The molecule has 0 amide bonds. The number of benzene rings is 5. The lowest BCUT2D eigenvalue weighted by molar-refractivity contribution is 1.20. The Morgan fingerprint density at radius 3 is 0.783 bits per heavy atom. The number of rotatable bonds is 8. The van der Waals surface area contributed by atoms with Crippen molar-refractivity contribution in [3.05, 3.63) is 204 Å². The van der Waals surface area contributed by atoms with Gasteiger partial charge in [-0.1, -0.05) is 72.8 Å². The molecule has 5 aromatic carbocycles. The maximum Gasteiger partial charge on any atom is 0.0373 e. The first kappa shape index (κ1) is 38.2. The summed E-state index contributed by atoms with van der Waals surface area (Å²) in [5, 5.41) is 0. The van der Waals surface area contributed by atoms with Crippen molar-refractivity contribution in [1.82, 2.24) is 19.9 Å². The van der Waals surface area contributed by atoms with Crippen LogP contribution in [-0.2, 0) is 0 Å². The summed E-state index contributed by atoms with van der Waals surface area (Å²) < 4.78 is 0. The van der Waals surface area contributed by atoms with Gasteiger partial charge in [-0.2, -0.15) is 0 Å². The maximum atomic E-state index is 4.70. The highest BCUT2D eigenvalue weighted by atomic mass is 14.7. The third kappa shape index (κ3) is 7.80. The third-order valence-electron chi connectivity index (χ3n) is 11.5. The van der Waals surface area contributed by atoms with Gasteiger partial charge in [0.25, 0.3) is 0 Å². The van der Waals surface area contributed by atoms with Gasteiger partial charge in [0.1, 0.15) is 0 Å². The summed E-state index contributed by atoms with van der Waals surface area (Å²) in [6.07, 6.45) is 7.92. The minimum absolute atomic E-state index is 0.989. The van der Waals surface area contributed by atoms with Gasteiger partial charge >= 0.3 is 0 Å². The lowest BCUT2D eigenvalue weighted by Crippen LogP contribution is -1.96. The van der Waals surface area contributed by atoms with Crippen molar-refractivity contribution >= 4 is 0 Å². The quantitative estimate of drug-likeness (QED) is 0.154. The van der Waals surface area contributed by atoms with Gasteiger partial charge in [0, 0.05) is 69.8 Å². The zero-order chi connectivity index (χ0) is 41.3. The molecule has 0 aliphatic carbocycles. The first-order chi connectivity index (χ1) is 29.2. The van der Waals surface area contributed by atoms with E-state index in [1.54, 1.807) is 0 Å². The predicted molar refractivity (Wildman–Crippen MR) is 250 cm³/mol. The van der Waals surface area contributed by atoms with Crippen LogP contribution < -0.4 is 0 Å². The topological polar surface area (TPSA) is 51.6 Å². The normalized spacial score (nSPS) is 11.2. The molecule has 9 rings (SSSR count). The van der Waals surface area contributed by atoms with Crippen LogP contribution in [0.15, 0.2) is 170 Å². The second kappa shape index (κ2) is 16.2. The van der Waals surface area contributed by atoms with E-state index in [9.17, 15) is 0 Å². The Morgan fingerprint density at radius 2 is 0.517 bits per heavy atom. The molecule has 4 aromatic heterocycles. The van der Waals surface area contributed by atoms with Crippen molar-refractivity contribution in [2.45, 2.75) is 41.5 Å². The van der Waals surface area contributed by atoms with Crippen LogP contribution in [-0.4, -0.2) is 19.9 Å². The van der Waals surface area contributed by atoms with Gasteiger partial charge in [-0.3, -0.25) is 19.9 Å².